The number of hydrogen-bond acceptors (Lipinski definition) is 3. The lowest BCUT2D eigenvalue weighted by Gasteiger charge is -2.13. The van der Waals surface area contributed by atoms with Gasteiger partial charge in [0.15, 0.2) is 6.67 Å². The Morgan fingerprint density at radius 2 is 2.18 bits per heavy atom. The lowest BCUT2D eigenvalue weighted by Crippen LogP contribution is -2.39. The van der Waals surface area contributed by atoms with Crippen molar-refractivity contribution >= 4 is 11.8 Å². The van der Waals surface area contributed by atoms with Gasteiger partial charge in [0.1, 0.15) is 12.4 Å². The highest BCUT2D eigenvalue weighted by atomic mass is 16.2. The third-order valence-corrected chi connectivity index (χ3v) is 2.12. The largest absolute Gasteiger partial charge is 0.369 e. The molecule has 0 aliphatic heterocycles. The van der Waals surface area contributed by atoms with Crippen LogP contribution in [0.4, 0.5) is 0 Å². The summed E-state index contributed by atoms with van der Waals surface area (Å²) in [5, 5.41) is 2.73. The van der Waals surface area contributed by atoms with Crippen molar-refractivity contribution < 1.29 is 14.2 Å². The number of nitrogens with two attached hydrogens (primary N) is 1. The smallest absolute Gasteiger partial charge is 0.245 e. The lowest BCUT2D eigenvalue weighted by atomic mass is 10.5. The van der Waals surface area contributed by atoms with Gasteiger partial charge >= 0.3 is 0 Å². The van der Waals surface area contributed by atoms with Crippen molar-refractivity contribution in [2.24, 2.45) is 12.8 Å². The van der Waals surface area contributed by atoms with Crippen LogP contribution in [0.15, 0.2) is 18.7 Å². The summed E-state index contributed by atoms with van der Waals surface area (Å²) in [6.45, 7) is 0.631. The summed E-state index contributed by atoms with van der Waals surface area (Å²) in [7, 11) is 3.57. The summed E-state index contributed by atoms with van der Waals surface area (Å²) in [4.78, 5) is 23.7. The minimum Gasteiger partial charge on any atom is -0.369 e. The van der Waals surface area contributed by atoms with Gasteiger partial charge in [0.25, 0.3) is 0 Å². The second-order valence-corrected chi connectivity index (χ2v) is 3.99. The van der Waals surface area contributed by atoms with E-state index in [-0.39, 0.29) is 19.0 Å². The van der Waals surface area contributed by atoms with E-state index in [9.17, 15) is 9.59 Å². The van der Waals surface area contributed by atoms with Gasteiger partial charge in [-0.2, -0.15) is 0 Å². The predicted molar refractivity (Wildman–Crippen MR) is 60.4 cm³/mol. The van der Waals surface area contributed by atoms with Crippen LogP contribution < -0.4 is 15.6 Å². The molecule has 2 amide bonds. The molecule has 1 rings (SSSR count). The fourth-order valence-electron chi connectivity index (χ4n) is 1.40. The summed E-state index contributed by atoms with van der Waals surface area (Å²) in [5.74, 6) is -0.595. The van der Waals surface area contributed by atoms with Crippen LogP contribution in [-0.2, 0) is 23.3 Å². The maximum absolute atomic E-state index is 11.5. The van der Waals surface area contributed by atoms with Gasteiger partial charge in [-0.25, -0.2) is 9.13 Å². The molecule has 0 radical (unpaired) electrons. The Hall–Kier alpha value is -1.89. The molecule has 1 heterocycles. The molecule has 0 bridgehead atoms. The molecule has 0 aromatic carbocycles. The number of primary amides is 1. The highest BCUT2D eigenvalue weighted by Gasteiger charge is 2.09. The minimum atomic E-state index is -0.447. The zero-order valence-corrected chi connectivity index (χ0v) is 10.1. The zero-order valence-electron chi connectivity index (χ0n) is 10.1. The molecule has 0 unspecified atom stereocenters. The zero-order chi connectivity index (χ0) is 12.8. The number of carbonyl (C=O) groups is 2. The first-order chi connectivity index (χ1) is 7.97. The number of imidazole rings is 1. The SMILES string of the molecule is CN(CC(N)=O)CC(=O)NCn1cc[n+](C)c1. The molecule has 3 N–H and O–H groups in total. The average Bonchev–Trinajstić information content (AvgIpc) is 2.59. The Labute approximate surface area is 99.8 Å². The average molecular weight is 240 g/mol. The third kappa shape index (κ3) is 5.12. The second-order valence-electron chi connectivity index (χ2n) is 3.99. The molecular weight excluding hydrogens is 222 g/mol. The molecule has 0 spiro atoms. The highest BCUT2D eigenvalue weighted by molar-refractivity contribution is 5.80. The van der Waals surface area contributed by atoms with Gasteiger partial charge in [-0.1, -0.05) is 0 Å². The topological polar surface area (TPSA) is 84.2 Å². The van der Waals surface area contributed by atoms with Crippen molar-refractivity contribution in [2.45, 2.75) is 6.67 Å². The Morgan fingerprint density at radius 1 is 1.47 bits per heavy atom. The van der Waals surface area contributed by atoms with Crippen molar-refractivity contribution in [2.75, 3.05) is 20.1 Å². The first-order valence-electron chi connectivity index (χ1n) is 5.22. The Balaban J connectivity index is 2.28. The van der Waals surface area contributed by atoms with Crippen molar-refractivity contribution in [1.29, 1.82) is 0 Å². The summed E-state index contributed by atoms with van der Waals surface area (Å²) in [6, 6.07) is 0. The molecule has 0 aliphatic carbocycles. The number of rotatable bonds is 6. The highest BCUT2D eigenvalue weighted by Crippen LogP contribution is 1.83. The van der Waals surface area contributed by atoms with Crippen LogP contribution in [0.25, 0.3) is 0 Å². The van der Waals surface area contributed by atoms with E-state index >= 15 is 0 Å². The molecule has 0 fully saturated rings. The number of nitrogens with one attached hydrogen (secondary N) is 1. The maximum atomic E-state index is 11.5. The quantitative estimate of drug-likeness (QED) is 0.554. The molecule has 17 heavy (non-hydrogen) atoms. The first kappa shape index (κ1) is 13.2. The molecule has 7 heteroatoms. The van der Waals surface area contributed by atoms with E-state index in [4.69, 9.17) is 5.73 Å². The molecule has 94 valence electrons. The molecular formula is C10H18N5O2+. The lowest BCUT2D eigenvalue weighted by molar-refractivity contribution is -0.671. The normalized spacial score (nSPS) is 10.5. The molecule has 0 saturated carbocycles. The van der Waals surface area contributed by atoms with Crippen LogP contribution in [0.3, 0.4) is 0 Å². The summed E-state index contributed by atoms with van der Waals surface area (Å²) in [5.41, 5.74) is 5.02. The monoisotopic (exact) mass is 240 g/mol. The standard InChI is InChI=1S/C10H17N5O2/c1-13-3-4-15(8-13)7-12-10(17)6-14(2)5-9(11)16/h3-4,8H,5-7H2,1-2H3,(H2-,11,12,16,17)/p+1. The fraction of sp³-hybridized carbons (Fsp3) is 0.500. The summed E-state index contributed by atoms with van der Waals surface area (Å²) >= 11 is 0. The molecule has 0 saturated heterocycles. The summed E-state index contributed by atoms with van der Waals surface area (Å²) in [6.07, 6.45) is 5.59. The van der Waals surface area contributed by atoms with Crippen molar-refractivity contribution in [1.82, 2.24) is 14.8 Å². The van der Waals surface area contributed by atoms with Crippen LogP contribution in [0.1, 0.15) is 0 Å². The van der Waals surface area contributed by atoms with Crippen LogP contribution in [0, 0.1) is 0 Å². The number of likely N-dealkylation sites (N-methyl/N-ethyl adjacent to an activating group) is 1. The molecule has 1 aromatic heterocycles. The first-order valence-corrected chi connectivity index (χ1v) is 5.22. The molecule has 1 aromatic rings. The minimum absolute atomic E-state index is 0.0753. The van der Waals surface area contributed by atoms with E-state index in [1.807, 2.05) is 34.9 Å². The summed E-state index contributed by atoms with van der Waals surface area (Å²) < 4.78 is 3.72. The van der Waals surface area contributed by atoms with Crippen LogP contribution in [0.2, 0.25) is 0 Å². The Bertz CT molecular complexity index is 401. The Morgan fingerprint density at radius 3 is 2.71 bits per heavy atom. The second kappa shape index (κ2) is 6.00. The van der Waals surface area contributed by atoms with E-state index in [1.165, 1.54) is 0 Å². The third-order valence-electron chi connectivity index (χ3n) is 2.12. The number of aryl methyl sites for hydroxylation is 1. The van der Waals surface area contributed by atoms with Gasteiger partial charge in [-0.15, -0.1) is 0 Å². The van der Waals surface area contributed by atoms with Gasteiger partial charge in [0.05, 0.1) is 20.1 Å². The number of nitrogens with zero attached hydrogens (tertiary/aromatic N) is 3. The molecule has 0 atom stereocenters. The van der Waals surface area contributed by atoms with Crippen LogP contribution in [-0.4, -0.2) is 41.4 Å². The van der Waals surface area contributed by atoms with Crippen LogP contribution in [0.5, 0.6) is 0 Å². The van der Waals surface area contributed by atoms with E-state index < -0.39 is 5.91 Å². The van der Waals surface area contributed by atoms with E-state index in [2.05, 4.69) is 5.32 Å². The Kier molecular flexibility index (Phi) is 4.65. The van der Waals surface area contributed by atoms with E-state index in [1.54, 1.807) is 11.9 Å². The van der Waals surface area contributed by atoms with Gasteiger partial charge in [0.2, 0.25) is 18.1 Å². The fourth-order valence-corrected chi connectivity index (χ4v) is 1.40. The number of hydrogen-bond donors (Lipinski definition) is 2. The van der Waals surface area contributed by atoms with Gasteiger partial charge in [-0.05, 0) is 7.05 Å². The van der Waals surface area contributed by atoms with Gasteiger partial charge < -0.3 is 11.1 Å². The number of carbonyl (C=O) groups excluding carboxylic acids is 2. The maximum Gasteiger partial charge on any atom is 0.245 e. The number of amides is 2. The van der Waals surface area contributed by atoms with Crippen molar-refractivity contribution in [3.05, 3.63) is 18.7 Å². The predicted octanol–water partition coefficient (Wildman–Crippen LogP) is -2.20. The number of aromatic nitrogens is 2. The van der Waals surface area contributed by atoms with E-state index in [0.29, 0.717) is 6.67 Å². The van der Waals surface area contributed by atoms with Crippen molar-refractivity contribution in [3.63, 3.8) is 0 Å². The molecule has 7 nitrogen and oxygen atoms in total. The van der Waals surface area contributed by atoms with Gasteiger partial charge in [0, 0.05) is 0 Å². The van der Waals surface area contributed by atoms with Crippen LogP contribution >= 0.6 is 0 Å². The van der Waals surface area contributed by atoms with Gasteiger partial charge in [-0.3, -0.25) is 14.5 Å². The van der Waals surface area contributed by atoms with Crippen molar-refractivity contribution in [3.8, 4) is 0 Å². The molecule has 0 aliphatic rings. The van der Waals surface area contributed by atoms with E-state index in [0.717, 1.165) is 0 Å².